The van der Waals surface area contributed by atoms with Crippen LogP contribution in [0.25, 0.3) is 0 Å². The van der Waals surface area contributed by atoms with E-state index in [4.69, 9.17) is 37.0 Å². The largest absolute Gasteiger partial charge is 0.472 e. The minimum Gasteiger partial charge on any atom is -0.462 e. The molecule has 0 bridgehead atoms. The Kier molecular flexibility index (Phi) is 60.3. The molecular weight excluding hydrogens is 1200 g/mol. The van der Waals surface area contributed by atoms with Crippen LogP contribution in [0.2, 0.25) is 0 Å². The molecule has 3 unspecified atom stereocenters. The summed E-state index contributed by atoms with van der Waals surface area (Å²) in [6.45, 7) is 14.1. The molecule has 6 atom stereocenters. The molecule has 0 amide bonds. The van der Waals surface area contributed by atoms with E-state index >= 15 is 0 Å². The van der Waals surface area contributed by atoms with E-state index in [0.717, 1.165) is 120 Å². The monoisotopic (exact) mass is 1340 g/mol. The predicted molar refractivity (Wildman–Crippen MR) is 367 cm³/mol. The van der Waals surface area contributed by atoms with E-state index in [-0.39, 0.29) is 25.7 Å². The minimum absolute atomic E-state index is 0.105. The Morgan fingerprint density at radius 3 is 0.780 bits per heavy atom. The highest BCUT2D eigenvalue weighted by Gasteiger charge is 2.30. The molecule has 3 N–H and O–H groups in total. The van der Waals surface area contributed by atoms with Crippen LogP contribution in [0.15, 0.2) is 0 Å². The maximum atomic E-state index is 13.0. The summed E-state index contributed by atoms with van der Waals surface area (Å²) >= 11 is 0. The Hall–Kier alpha value is -1.94. The second-order valence-electron chi connectivity index (χ2n) is 27.6. The zero-order valence-corrected chi connectivity index (χ0v) is 61.3. The smallest absolute Gasteiger partial charge is 0.462 e. The molecule has 0 spiro atoms. The Morgan fingerprint density at radius 2 is 0.527 bits per heavy atom. The van der Waals surface area contributed by atoms with E-state index < -0.39 is 97.5 Å². The zero-order chi connectivity index (χ0) is 67.5. The predicted octanol–water partition coefficient (Wildman–Crippen LogP) is 20.5. The topological polar surface area (TPSA) is 237 Å². The van der Waals surface area contributed by atoms with Crippen LogP contribution in [-0.4, -0.2) is 96.7 Å². The van der Waals surface area contributed by atoms with Gasteiger partial charge < -0.3 is 33.8 Å². The first-order valence-electron chi connectivity index (χ1n) is 37.2. The molecule has 0 aromatic heterocycles. The highest BCUT2D eigenvalue weighted by atomic mass is 31.2. The van der Waals surface area contributed by atoms with E-state index in [1.165, 1.54) is 154 Å². The SMILES string of the molecule is CCC(C)CCCCCCCCC(=O)OC[C@H](COP(=O)(O)OC[C@H](O)COP(=O)(O)OC[C@@H](COC(=O)CCCCCCCCCCCCCCC(C)C)OC(=O)CCCCCCCCCCCC(C)C)OC(=O)CCCCCCCCCCCCCC(C)C. The number of carbonyl (C=O) groups excluding carboxylic acids is 4. The molecule has 0 saturated carbocycles. The molecule has 91 heavy (non-hydrogen) atoms. The van der Waals surface area contributed by atoms with Gasteiger partial charge in [0.15, 0.2) is 12.2 Å². The molecule has 0 radical (unpaired) electrons. The van der Waals surface area contributed by atoms with E-state index in [0.29, 0.717) is 25.7 Å². The van der Waals surface area contributed by atoms with Crippen molar-refractivity contribution in [2.45, 2.75) is 375 Å². The third-order valence-electron chi connectivity index (χ3n) is 16.9. The summed E-state index contributed by atoms with van der Waals surface area (Å²) < 4.78 is 68.4. The van der Waals surface area contributed by atoms with Crippen molar-refractivity contribution >= 4 is 39.5 Å². The fraction of sp³-hybridized carbons (Fsp3) is 0.944. The summed E-state index contributed by atoms with van der Waals surface area (Å²) in [6.07, 6.45) is 44.4. The second kappa shape index (κ2) is 61.6. The molecule has 0 aliphatic heterocycles. The lowest BCUT2D eigenvalue weighted by atomic mass is 10.00. The summed E-state index contributed by atoms with van der Waals surface area (Å²) in [7, 11) is -9.91. The fourth-order valence-corrected chi connectivity index (χ4v) is 12.4. The minimum atomic E-state index is -4.95. The van der Waals surface area contributed by atoms with Crippen LogP contribution in [-0.2, 0) is 65.4 Å². The summed E-state index contributed by atoms with van der Waals surface area (Å²) in [5.74, 6) is 0.887. The molecule has 0 aliphatic rings. The molecule has 0 aliphatic carbocycles. The van der Waals surface area contributed by atoms with Crippen molar-refractivity contribution in [3.05, 3.63) is 0 Å². The van der Waals surface area contributed by atoms with Gasteiger partial charge in [-0.3, -0.25) is 37.3 Å². The second-order valence-corrected chi connectivity index (χ2v) is 30.6. The molecular formula is C72H140O17P2. The van der Waals surface area contributed by atoms with Gasteiger partial charge in [-0.25, -0.2) is 9.13 Å². The van der Waals surface area contributed by atoms with Crippen molar-refractivity contribution < 1.29 is 80.2 Å². The molecule has 0 heterocycles. The molecule has 0 aromatic carbocycles. The maximum Gasteiger partial charge on any atom is 0.472 e. The average molecular weight is 1340 g/mol. The normalized spacial score (nSPS) is 14.5. The number of phosphoric acid groups is 2. The lowest BCUT2D eigenvalue weighted by Crippen LogP contribution is -2.30. The third kappa shape index (κ3) is 65.1. The maximum absolute atomic E-state index is 13.0. The van der Waals surface area contributed by atoms with E-state index in [9.17, 15) is 43.2 Å². The molecule has 0 saturated heterocycles. The van der Waals surface area contributed by atoms with E-state index in [1.807, 2.05) is 0 Å². The van der Waals surface area contributed by atoms with Crippen LogP contribution in [0.4, 0.5) is 0 Å². The van der Waals surface area contributed by atoms with Crippen LogP contribution in [0.5, 0.6) is 0 Å². The molecule has 0 aromatic rings. The van der Waals surface area contributed by atoms with Gasteiger partial charge in [0.1, 0.15) is 19.3 Å². The number of rotatable bonds is 69. The van der Waals surface area contributed by atoms with Crippen LogP contribution < -0.4 is 0 Å². The van der Waals surface area contributed by atoms with Gasteiger partial charge in [-0.15, -0.1) is 0 Å². The Labute approximate surface area is 556 Å². The van der Waals surface area contributed by atoms with Gasteiger partial charge in [0.05, 0.1) is 26.4 Å². The van der Waals surface area contributed by atoms with Crippen molar-refractivity contribution in [1.82, 2.24) is 0 Å². The van der Waals surface area contributed by atoms with Crippen LogP contribution in [0, 0.1) is 23.7 Å². The summed E-state index contributed by atoms with van der Waals surface area (Å²) in [5, 5.41) is 10.6. The summed E-state index contributed by atoms with van der Waals surface area (Å²) in [6, 6.07) is 0. The first-order valence-corrected chi connectivity index (χ1v) is 40.2. The molecule has 0 fully saturated rings. The van der Waals surface area contributed by atoms with E-state index in [1.54, 1.807) is 0 Å². The number of hydrogen-bond acceptors (Lipinski definition) is 15. The van der Waals surface area contributed by atoms with Crippen molar-refractivity contribution in [2.75, 3.05) is 39.6 Å². The Bertz CT molecular complexity index is 1800. The Morgan fingerprint density at radius 1 is 0.308 bits per heavy atom. The van der Waals surface area contributed by atoms with Gasteiger partial charge >= 0.3 is 39.5 Å². The molecule has 19 heteroatoms. The number of phosphoric ester groups is 2. The Balaban J connectivity index is 5.25. The molecule has 540 valence electrons. The first-order chi connectivity index (χ1) is 43.6. The number of aliphatic hydroxyl groups excluding tert-OH is 1. The fourth-order valence-electron chi connectivity index (χ4n) is 10.8. The number of carbonyl (C=O) groups is 4. The number of hydrogen-bond donors (Lipinski definition) is 3. The zero-order valence-electron chi connectivity index (χ0n) is 59.5. The standard InChI is InChI=1S/C72H140O17P2/c1-9-65(8)51-43-35-30-31-37-45-53-70(75)83-59-68(89-71(76)54-46-38-28-22-16-12-14-19-25-33-41-49-63(4)5)61-87-91(80,81)85-57-66(73)56-84-90(78,79)86-60-67(88-72(77)55-47-39-29-23-17-20-26-34-42-50-64(6)7)58-82-69(74)52-44-36-27-21-15-11-10-13-18-24-32-40-48-62(2)3/h62-68,73H,9-61H2,1-8H3,(H,78,79)(H,80,81)/t65?,66-,67-,68-/m1/s1. The summed E-state index contributed by atoms with van der Waals surface area (Å²) in [4.78, 5) is 72.6. The van der Waals surface area contributed by atoms with Gasteiger partial charge in [-0.2, -0.15) is 0 Å². The van der Waals surface area contributed by atoms with Crippen molar-refractivity contribution in [1.29, 1.82) is 0 Å². The van der Waals surface area contributed by atoms with Gasteiger partial charge in [-0.1, -0.05) is 306 Å². The highest BCUT2D eigenvalue weighted by molar-refractivity contribution is 7.47. The first kappa shape index (κ1) is 89.1. The summed E-state index contributed by atoms with van der Waals surface area (Å²) in [5.41, 5.74) is 0. The number of unbranched alkanes of at least 4 members (excludes halogenated alkanes) is 34. The van der Waals surface area contributed by atoms with E-state index in [2.05, 4.69) is 55.4 Å². The van der Waals surface area contributed by atoms with Gasteiger partial charge in [0.2, 0.25) is 0 Å². The number of esters is 4. The van der Waals surface area contributed by atoms with Crippen molar-refractivity contribution in [3.63, 3.8) is 0 Å². The quantitative estimate of drug-likeness (QED) is 0.0222. The van der Waals surface area contributed by atoms with Gasteiger partial charge in [0.25, 0.3) is 0 Å². The lowest BCUT2D eigenvalue weighted by molar-refractivity contribution is -0.161. The van der Waals surface area contributed by atoms with Gasteiger partial charge in [0, 0.05) is 25.7 Å². The van der Waals surface area contributed by atoms with Crippen LogP contribution >= 0.6 is 15.6 Å². The molecule has 17 nitrogen and oxygen atoms in total. The van der Waals surface area contributed by atoms with Gasteiger partial charge in [-0.05, 0) is 49.4 Å². The molecule has 0 rings (SSSR count). The van der Waals surface area contributed by atoms with Crippen LogP contribution in [0.1, 0.15) is 357 Å². The number of aliphatic hydroxyl groups is 1. The third-order valence-corrected chi connectivity index (χ3v) is 18.8. The highest BCUT2D eigenvalue weighted by Crippen LogP contribution is 2.45. The van der Waals surface area contributed by atoms with Crippen molar-refractivity contribution in [3.8, 4) is 0 Å². The lowest BCUT2D eigenvalue weighted by Gasteiger charge is -2.21. The van der Waals surface area contributed by atoms with Crippen LogP contribution in [0.3, 0.4) is 0 Å². The van der Waals surface area contributed by atoms with Crippen molar-refractivity contribution in [2.24, 2.45) is 23.7 Å². The number of ether oxygens (including phenoxy) is 4. The average Bonchev–Trinajstić information content (AvgIpc) is 3.67.